The van der Waals surface area contributed by atoms with Gasteiger partial charge in [-0.25, -0.2) is 4.79 Å². The fourth-order valence-electron chi connectivity index (χ4n) is 4.07. The lowest BCUT2D eigenvalue weighted by molar-refractivity contribution is -0.143. The summed E-state index contributed by atoms with van der Waals surface area (Å²) in [7, 11) is -1.51. The van der Waals surface area contributed by atoms with Crippen molar-refractivity contribution in [1.82, 2.24) is 10.2 Å². The molecule has 1 amide bonds. The third-order valence-corrected chi connectivity index (χ3v) is 5.91. The van der Waals surface area contributed by atoms with Gasteiger partial charge in [0.05, 0.1) is 32.2 Å². The number of amides is 1. The first-order chi connectivity index (χ1) is 14.3. The Kier molecular flexibility index (Phi) is 5.87. The second-order valence-electron chi connectivity index (χ2n) is 8.04. The van der Waals surface area contributed by atoms with Crippen LogP contribution in [0.3, 0.4) is 0 Å². The van der Waals surface area contributed by atoms with E-state index in [0.717, 1.165) is 6.54 Å². The van der Waals surface area contributed by atoms with Crippen LogP contribution in [0.15, 0.2) is 12.1 Å². The second-order valence-corrected chi connectivity index (χ2v) is 8.04. The highest BCUT2D eigenvalue weighted by Gasteiger charge is 2.48. The third-order valence-electron chi connectivity index (χ3n) is 5.91. The Balaban J connectivity index is 1.36. The van der Waals surface area contributed by atoms with Gasteiger partial charge in [0, 0.05) is 18.9 Å². The van der Waals surface area contributed by atoms with Crippen LogP contribution in [0.5, 0.6) is 11.5 Å². The van der Waals surface area contributed by atoms with E-state index in [-0.39, 0.29) is 41.8 Å². The van der Waals surface area contributed by atoms with Gasteiger partial charge in [0.25, 0.3) is 0 Å². The van der Waals surface area contributed by atoms with Crippen LogP contribution in [0.25, 0.3) is 0 Å². The second kappa shape index (κ2) is 8.42. The topological polar surface area (TPSA) is 149 Å². The maximum Gasteiger partial charge on any atom is 0.455 e. The number of aromatic hydroxyl groups is 1. The van der Waals surface area contributed by atoms with E-state index in [4.69, 9.17) is 9.47 Å². The van der Waals surface area contributed by atoms with Crippen molar-refractivity contribution in [1.29, 1.82) is 0 Å². The Labute approximate surface area is 173 Å². The third kappa shape index (κ3) is 4.24. The summed E-state index contributed by atoms with van der Waals surface area (Å²) < 4.78 is 11.3. The Hall–Kier alpha value is -2.34. The van der Waals surface area contributed by atoms with Crippen LogP contribution in [0.2, 0.25) is 5.82 Å². The van der Waals surface area contributed by atoms with Gasteiger partial charge in [0.1, 0.15) is 23.2 Å². The predicted molar refractivity (Wildman–Crippen MR) is 105 cm³/mol. The van der Waals surface area contributed by atoms with E-state index in [9.17, 15) is 29.9 Å². The van der Waals surface area contributed by atoms with Crippen molar-refractivity contribution in [3.05, 3.63) is 23.3 Å². The van der Waals surface area contributed by atoms with Gasteiger partial charge in [-0.2, -0.15) is 0 Å². The largest absolute Gasteiger partial charge is 0.507 e. The Bertz CT molecular complexity index is 823. The molecule has 3 atom stereocenters. The molecule has 162 valence electrons. The van der Waals surface area contributed by atoms with Gasteiger partial charge in [-0.05, 0) is 24.0 Å². The molecule has 11 heteroatoms. The minimum atomic E-state index is -1.51. The van der Waals surface area contributed by atoms with Crippen molar-refractivity contribution in [2.45, 2.75) is 36.8 Å². The van der Waals surface area contributed by atoms with Crippen molar-refractivity contribution in [3.63, 3.8) is 0 Å². The average molecular weight is 420 g/mol. The molecule has 1 aliphatic carbocycles. The number of carbonyl (C=O) groups is 2. The summed E-state index contributed by atoms with van der Waals surface area (Å²) in [6.07, 6.45) is 0.243. The fourth-order valence-corrected chi connectivity index (χ4v) is 4.07. The number of morpholine rings is 1. The summed E-state index contributed by atoms with van der Waals surface area (Å²) >= 11 is 0. The van der Waals surface area contributed by atoms with Crippen LogP contribution < -0.4 is 10.1 Å². The molecule has 0 bridgehead atoms. The number of phenols is 1. The highest BCUT2D eigenvalue weighted by Crippen LogP contribution is 2.56. The quantitative estimate of drug-likeness (QED) is 0.364. The minimum Gasteiger partial charge on any atom is -0.507 e. The van der Waals surface area contributed by atoms with Crippen molar-refractivity contribution in [3.8, 4) is 11.5 Å². The number of rotatable bonds is 7. The maximum atomic E-state index is 12.3. The monoisotopic (exact) mass is 420 g/mol. The number of ether oxygens (including phenoxy) is 2. The van der Waals surface area contributed by atoms with E-state index >= 15 is 0 Å². The molecule has 2 heterocycles. The average Bonchev–Trinajstić information content (AvgIpc) is 3.45. The SMILES string of the molecule is O=C(O)c1c(OC2CN(C(=O)C[C@@H]3CNCCO3)C2)ccc([C@@H]2C[C@@H]2B(O)O)c1O. The van der Waals surface area contributed by atoms with Gasteiger partial charge in [0.2, 0.25) is 5.91 Å². The number of nitrogens with one attached hydrogen (secondary N) is 1. The molecule has 0 radical (unpaired) electrons. The van der Waals surface area contributed by atoms with E-state index in [1.54, 1.807) is 11.0 Å². The molecular formula is C19H25BN2O8. The fraction of sp³-hybridized carbons (Fsp3) is 0.579. The summed E-state index contributed by atoms with van der Waals surface area (Å²) in [6.45, 7) is 2.68. The molecule has 1 aromatic carbocycles. The molecule has 2 saturated heterocycles. The van der Waals surface area contributed by atoms with Crippen LogP contribution in [-0.2, 0) is 9.53 Å². The number of likely N-dealkylation sites (tertiary alicyclic amines) is 1. The number of aromatic carboxylic acids is 1. The Morgan fingerprint density at radius 3 is 2.67 bits per heavy atom. The highest BCUT2D eigenvalue weighted by atomic mass is 16.5. The molecule has 2 aliphatic heterocycles. The zero-order valence-electron chi connectivity index (χ0n) is 16.4. The molecule has 10 nitrogen and oxygen atoms in total. The van der Waals surface area contributed by atoms with Crippen molar-refractivity contribution in [2.75, 3.05) is 32.8 Å². The van der Waals surface area contributed by atoms with Gasteiger partial charge in [-0.15, -0.1) is 0 Å². The van der Waals surface area contributed by atoms with Gasteiger partial charge in [0.15, 0.2) is 0 Å². The molecule has 5 N–H and O–H groups in total. The highest BCUT2D eigenvalue weighted by molar-refractivity contribution is 6.44. The standard InChI is InChI=1S/C19H25BN2O8/c23-16(5-10-7-21-3-4-29-10)22-8-11(9-22)30-15-2-1-12(13-6-14(13)20(27)28)18(24)17(15)19(25)26/h1-2,10-11,13-14,21,24,27-28H,3-9H2,(H,25,26)/t10-,13+,14+/m1/s1. The number of carboxylic acids is 1. The van der Waals surface area contributed by atoms with Crippen LogP contribution in [0, 0.1) is 0 Å². The molecule has 3 aliphatic rings. The normalized spacial score (nSPS) is 26.1. The molecule has 30 heavy (non-hydrogen) atoms. The summed E-state index contributed by atoms with van der Waals surface area (Å²) in [5.41, 5.74) is 0.0152. The molecule has 1 saturated carbocycles. The smallest absolute Gasteiger partial charge is 0.455 e. The summed E-state index contributed by atoms with van der Waals surface area (Å²) in [6, 6.07) is 3.03. The molecule has 0 aromatic heterocycles. The first kappa shape index (κ1) is 20.9. The number of hydrogen-bond donors (Lipinski definition) is 5. The lowest BCUT2D eigenvalue weighted by Gasteiger charge is -2.40. The van der Waals surface area contributed by atoms with E-state index in [1.807, 2.05) is 0 Å². The van der Waals surface area contributed by atoms with Gasteiger partial charge in [-0.3, -0.25) is 4.79 Å². The van der Waals surface area contributed by atoms with Crippen molar-refractivity contribution in [2.24, 2.45) is 0 Å². The van der Waals surface area contributed by atoms with Crippen molar-refractivity contribution < 1.29 is 39.3 Å². The van der Waals surface area contributed by atoms with E-state index in [1.165, 1.54) is 6.07 Å². The first-order valence-electron chi connectivity index (χ1n) is 10.1. The summed E-state index contributed by atoms with van der Waals surface area (Å²) in [5, 5.41) is 41.7. The Morgan fingerprint density at radius 1 is 1.30 bits per heavy atom. The molecule has 4 rings (SSSR count). The molecule has 3 fully saturated rings. The molecular weight excluding hydrogens is 395 g/mol. The Morgan fingerprint density at radius 2 is 2.07 bits per heavy atom. The minimum absolute atomic E-state index is 0.0300. The van der Waals surface area contributed by atoms with Crippen LogP contribution in [0.4, 0.5) is 0 Å². The zero-order valence-corrected chi connectivity index (χ0v) is 16.4. The van der Waals surface area contributed by atoms with Crippen molar-refractivity contribution >= 4 is 19.0 Å². The van der Waals surface area contributed by atoms with Gasteiger partial charge >= 0.3 is 13.1 Å². The van der Waals surface area contributed by atoms with Crippen LogP contribution in [0.1, 0.15) is 34.7 Å². The number of benzene rings is 1. The lowest BCUT2D eigenvalue weighted by atomic mass is 9.81. The predicted octanol–water partition coefficient (Wildman–Crippen LogP) is -0.611. The number of carboxylic acid groups (broad SMARTS) is 1. The zero-order chi connectivity index (χ0) is 21.4. The summed E-state index contributed by atoms with van der Waals surface area (Å²) in [4.78, 5) is 25.7. The number of carbonyl (C=O) groups excluding carboxylic acids is 1. The number of nitrogens with zero attached hydrogens (tertiary/aromatic N) is 1. The van der Waals surface area contributed by atoms with Crippen LogP contribution >= 0.6 is 0 Å². The van der Waals surface area contributed by atoms with Gasteiger partial charge in [-0.1, -0.05) is 6.07 Å². The van der Waals surface area contributed by atoms with Gasteiger partial charge < -0.3 is 40.0 Å². The molecule has 0 unspecified atom stereocenters. The van der Waals surface area contributed by atoms with E-state index in [2.05, 4.69) is 5.32 Å². The van der Waals surface area contributed by atoms with Crippen LogP contribution in [-0.4, -0.2) is 89.1 Å². The first-order valence-corrected chi connectivity index (χ1v) is 10.1. The molecule has 1 aromatic rings. The van der Waals surface area contributed by atoms with E-state index < -0.39 is 24.7 Å². The lowest BCUT2D eigenvalue weighted by Crippen LogP contribution is -2.57. The summed E-state index contributed by atoms with van der Waals surface area (Å²) in [5.74, 6) is -2.48. The molecule has 0 spiro atoms. The van der Waals surface area contributed by atoms with E-state index in [0.29, 0.717) is 38.2 Å². The maximum absolute atomic E-state index is 12.3. The number of hydrogen-bond acceptors (Lipinski definition) is 8.